The van der Waals surface area contributed by atoms with E-state index in [0.717, 1.165) is 25.3 Å². The van der Waals surface area contributed by atoms with Crippen LogP contribution >= 0.6 is 0 Å². The Bertz CT molecular complexity index is 1350. The van der Waals surface area contributed by atoms with Crippen molar-refractivity contribution < 1.29 is 40.6 Å². The first-order valence-corrected chi connectivity index (χ1v) is 14.6. The van der Waals surface area contributed by atoms with E-state index in [9.17, 15) is 26.3 Å². The first-order valence-electron chi connectivity index (χ1n) is 14.6. The van der Waals surface area contributed by atoms with Gasteiger partial charge in [0.2, 0.25) is 11.6 Å². The predicted molar refractivity (Wildman–Crippen MR) is 149 cm³/mol. The van der Waals surface area contributed by atoms with Gasteiger partial charge in [0.1, 0.15) is 0 Å². The highest BCUT2D eigenvalue weighted by atomic mass is 19.2. The third-order valence-corrected chi connectivity index (χ3v) is 7.68. The summed E-state index contributed by atoms with van der Waals surface area (Å²) in [6.07, 6.45) is 4.95. The molecular weight excluding hydrogens is 558 g/mol. The number of unbranched alkanes of at least 4 members (excludes halogenated alkanes) is 2. The summed E-state index contributed by atoms with van der Waals surface area (Å²) in [4.78, 5) is 0. The number of hydrogen-bond acceptors (Lipinski definition) is 3. The van der Waals surface area contributed by atoms with Crippen LogP contribution < -0.4 is 9.47 Å². The highest BCUT2D eigenvalue weighted by Crippen LogP contribution is 2.38. The van der Waals surface area contributed by atoms with Crippen LogP contribution in [0.15, 0.2) is 36.4 Å². The van der Waals surface area contributed by atoms with Crippen molar-refractivity contribution in [1.82, 2.24) is 0 Å². The molecule has 0 spiro atoms. The van der Waals surface area contributed by atoms with Crippen LogP contribution in [-0.4, -0.2) is 19.3 Å². The zero-order chi connectivity index (χ0) is 30.2. The minimum absolute atomic E-state index is 0.0643. The van der Waals surface area contributed by atoms with Gasteiger partial charge >= 0.3 is 0 Å². The predicted octanol–water partition coefficient (Wildman–Crippen LogP) is 9.79. The largest absolute Gasteiger partial charge is 0.490 e. The molecule has 0 radical (unpaired) electrons. The average Bonchev–Trinajstić information content (AvgIpc) is 2.99. The van der Waals surface area contributed by atoms with Crippen LogP contribution in [0.2, 0.25) is 0 Å². The van der Waals surface area contributed by atoms with E-state index < -0.39 is 46.0 Å². The Morgan fingerprint density at radius 2 is 1.12 bits per heavy atom. The zero-order valence-electron chi connectivity index (χ0n) is 23.9. The molecule has 1 fully saturated rings. The smallest absolute Gasteiger partial charge is 0.201 e. The van der Waals surface area contributed by atoms with Crippen LogP contribution in [-0.2, 0) is 11.3 Å². The molecule has 0 aliphatic heterocycles. The summed E-state index contributed by atoms with van der Waals surface area (Å²) in [6, 6.07) is 7.86. The van der Waals surface area contributed by atoms with E-state index in [1.165, 1.54) is 24.3 Å². The van der Waals surface area contributed by atoms with Crippen molar-refractivity contribution in [2.24, 2.45) is 0 Å². The van der Waals surface area contributed by atoms with Gasteiger partial charge in [0, 0.05) is 16.7 Å². The van der Waals surface area contributed by atoms with Gasteiger partial charge < -0.3 is 14.2 Å². The minimum atomic E-state index is -1.32. The molecule has 3 aromatic carbocycles. The maximum Gasteiger partial charge on any atom is 0.201 e. The molecular formula is C33H36F6O3. The van der Waals surface area contributed by atoms with Crippen LogP contribution in [0.5, 0.6) is 11.5 Å². The molecule has 0 atom stereocenters. The molecule has 0 aromatic heterocycles. The van der Waals surface area contributed by atoms with E-state index in [1.807, 2.05) is 13.8 Å². The van der Waals surface area contributed by atoms with Gasteiger partial charge in [0.25, 0.3) is 0 Å². The minimum Gasteiger partial charge on any atom is -0.490 e. The number of ether oxygens (including phenoxy) is 3. The van der Waals surface area contributed by atoms with Crippen LogP contribution in [0.25, 0.3) is 11.1 Å². The number of hydrogen-bond donors (Lipinski definition) is 0. The van der Waals surface area contributed by atoms with E-state index in [-0.39, 0.29) is 42.3 Å². The van der Waals surface area contributed by atoms with E-state index in [2.05, 4.69) is 0 Å². The molecule has 0 heterocycles. The highest BCUT2D eigenvalue weighted by Gasteiger charge is 2.28. The molecule has 0 saturated heterocycles. The fourth-order valence-electron chi connectivity index (χ4n) is 5.13. The molecule has 1 aliphatic rings. The Balaban J connectivity index is 1.36. The van der Waals surface area contributed by atoms with Crippen LogP contribution in [0.4, 0.5) is 26.3 Å². The summed E-state index contributed by atoms with van der Waals surface area (Å²) in [5.74, 6) is -7.56. The quantitative estimate of drug-likeness (QED) is 0.146. The maximum absolute atomic E-state index is 15.0. The number of rotatable bonds is 13. The lowest BCUT2D eigenvalue weighted by Crippen LogP contribution is -2.21. The van der Waals surface area contributed by atoms with Gasteiger partial charge in [0.05, 0.1) is 25.9 Å². The molecule has 0 unspecified atom stereocenters. The van der Waals surface area contributed by atoms with E-state index in [4.69, 9.17) is 14.2 Å². The molecule has 1 aliphatic carbocycles. The molecule has 9 heteroatoms. The van der Waals surface area contributed by atoms with Crippen LogP contribution in [0.3, 0.4) is 0 Å². The Morgan fingerprint density at radius 1 is 0.595 bits per heavy atom. The van der Waals surface area contributed by atoms with Gasteiger partial charge in [0.15, 0.2) is 34.8 Å². The number of benzene rings is 3. The van der Waals surface area contributed by atoms with Crippen molar-refractivity contribution in [1.29, 1.82) is 0 Å². The van der Waals surface area contributed by atoms with Crippen molar-refractivity contribution in [3.8, 4) is 22.6 Å². The monoisotopic (exact) mass is 594 g/mol. The molecule has 0 bridgehead atoms. The summed E-state index contributed by atoms with van der Waals surface area (Å²) in [5, 5.41) is 0. The zero-order valence-corrected chi connectivity index (χ0v) is 23.9. The second-order valence-corrected chi connectivity index (χ2v) is 10.6. The first-order chi connectivity index (χ1) is 20.3. The number of halogens is 6. The Morgan fingerprint density at radius 3 is 1.71 bits per heavy atom. The highest BCUT2D eigenvalue weighted by molar-refractivity contribution is 5.66. The summed E-state index contributed by atoms with van der Waals surface area (Å²) in [6.45, 7) is 4.21. The van der Waals surface area contributed by atoms with Gasteiger partial charge in [-0.25, -0.2) is 17.6 Å². The lowest BCUT2D eigenvalue weighted by Gasteiger charge is -2.29. The topological polar surface area (TPSA) is 27.7 Å². The molecule has 3 nitrogen and oxygen atoms in total. The Labute approximate surface area is 242 Å². The normalized spacial score (nSPS) is 17.0. The fraction of sp³-hybridized carbons (Fsp3) is 0.455. The molecule has 228 valence electrons. The molecule has 42 heavy (non-hydrogen) atoms. The third kappa shape index (κ3) is 7.22. The van der Waals surface area contributed by atoms with Gasteiger partial charge in [-0.3, -0.25) is 0 Å². The SMILES string of the molecule is CCCCOc1ccc(-c2ccc(COC3CCC(c4ccc(OCCCC)c(F)c4F)CC3)c(F)c2F)c(F)c1F. The van der Waals surface area contributed by atoms with Gasteiger partial charge in [-0.05, 0) is 68.2 Å². The van der Waals surface area contributed by atoms with E-state index >= 15 is 0 Å². The van der Waals surface area contributed by atoms with Crippen molar-refractivity contribution in [2.45, 2.75) is 83.8 Å². The molecule has 4 rings (SSSR count). The summed E-state index contributed by atoms with van der Waals surface area (Å²) >= 11 is 0. The van der Waals surface area contributed by atoms with Crippen molar-refractivity contribution in [3.05, 3.63) is 82.4 Å². The van der Waals surface area contributed by atoms with Crippen molar-refractivity contribution in [2.75, 3.05) is 13.2 Å². The van der Waals surface area contributed by atoms with E-state index in [1.54, 1.807) is 6.07 Å². The summed E-state index contributed by atoms with van der Waals surface area (Å²) < 4.78 is 105. The first kappa shape index (κ1) is 31.7. The van der Waals surface area contributed by atoms with E-state index in [0.29, 0.717) is 44.3 Å². The molecule has 0 amide bonds. The second kappa shape index (κ2) is 14.8. The van der Waals surface area contributed by atoms with Crippen LogP contribution in [0, 0.1) is 34.9 Å². The van der Waals surface area contributed by atoms with Gasteiger partial charge in [-0.1, -0.05) is 44.9 Å². The van der Waals surface area contributed by atoms with Crippen LogP contribution in [0.1, 0.15) is 82.3 Å². The van der Waals surface area contributed by atoms with Gasteiger partial charge in [-0.15, -0.1) is 0 Å². The molecule has 0 N–H and O–H groups in total. The van der Waals surface area contributed by atoms with Crippen molar-refractivity contribution >= 4 is 0 Å². The second-order valence-electron chi connectivity index (χ2n) is 10.6. The maximum atomic E-state index is 15.0. The summed E-state index contributed by atoms with van der Waals surface area (Å²) in [5.41, 5.74) is -0.599. The Kier molecular flexibility index (Phi) is 11.2. The molecule has 1 saturated carbocycles. The van der Waals surface area contributed by atoms with Crippen molar-refractivity contribution in [3.63, 3.8) is 0 Å². The average molecular weight is 595 g/mol. The molecule has 3 aromatic rings. The van der Waals surface area contributed by atoms with Gasteiger partial charge in [-0.2, -0.15) is 8.78 Å². The lowest BCUT2D eigenvalue weighted by molar-refractivity contribution is 0.0116. The fourth-order valence-corrected chi connectivity index (χ4v) is 5.13. The Hall–Kier alpha value is -3.20. The standard InChI is InChI=1S/C33H36F6O3/c1-3-5-17-40-26-15-13-23(29(35)32(26)38)20-7-10-22(11-8-20)42-19-21-9-12-24(30(36)28(21)34)25-14-16-27(33(39)31(25)37)41-18-6-4-2/h9,12-16,20,22H,3-8,10-11,17-19H2,1-2H3. The lowest BCUT2D eigenvalue weighted by atomic mass is 9.82. The summed E-state index contributed by atoms with van der Waals surface area (Å²) in [7, 11) is 0. The third-order valence-electron chi connectivity index (χ3n) is 7.68.